The molecule has 144 valence electrons. The molecule has 1 unspecified atom stereocenters. The van der Waals surface area contributed by atoms with Crippen molar-refractivity contribution in [3.8, 4) is 11.4 Å². The van der Waals surface area contributed by atoms with Gasteiger partial charge in [-0.3, -0.25) is 4.79 Å². The zero-order valence-electron chi connectivity index (χ0n) is 14.7. The molecule has 3 aromatic rings. The Bertz CT molecular complexity index is 986. The van der Waals surface area contributed by atoms with Crippen LogP contribution in [0.5, 0.6) is 0 Å². The van der Waals surface area contributed by atoms with Gasteiger partial charge in [0, 0.05) is 25.1 Å². The predicted molar refractivity (Wildman–Crippen MR) is 94.0 cm³/mol. The van der Waals surface area contributed by atoms with E-state index in [1.807, 2.05) is 30.3 Å². The van der Waals surface area contributed by atoms with Crippen LogP contribution in [-0.4, -0.2) is 27.5 Å². The molecule has 0 radical (unpaired) electrons. The highest BCUT2D eigenvalue weighted by Gasteiger charge is 2.35. The van der Waals surface area contributed by atoms with E-state index >= 15 is 0 Å². The Labute approximate surface area is 158 Å². The highest BCUT2D eigenvalue weighted by molar-refractivity contribution is 5.79. The Hall–Kier alpha value is -3.16. The molecule has 2 aromatic carbocycles. The summed E-state index contributed by atoms with van der Waals surface area (Å²) in [7, 11) is 0. The first-order valence-corrected chi connectivity index (χ1v) is 8.73. The van der Waals surface area contributed by atoms with Gasteiger partial charge < -0.3 is 9.42 Å². The van der Waals surface area contributed by atoms with Crippen LogP contribution < -0.4 is 0 Å². The second-order valence-corrected chi connectivity index (χ2v) is 6.70. The molecule has 1 aliphatic heterocycles. The standard InChI is InChI=1S/C20H16F3N3O2/c21-20(22,23)16-8-4-7-14(9-16)18-24-19(28-25-18)15-10-17(27)26(12-15)11-13-5-2-1-3-6-13/h1-9,15H,10-12H2. The minimum atomic E-state index is -4.45. The molecule has 2 heterocycles. The number of alkyl halides is 3. The topological polar surface area (TPSA) is 59.2 Å². The molecule has 1 saturated heterocycles. The number of hydrogen-bond donors (Lipinski definition) is 0. The van der Waals surface area contributed by atoms with Crippen molar-refractivity contribution < 1.29 is 22.5 Å². The summed E-state index contributed by atoms with van der Waals surface area (Å²) in [5.74, 6) is 0.0438. The van der Waals surface area contributed by atoms with Gasteiger partial charge in [0.15, 0.2) is 0 Å². The van der Waals surface area contributed by atoms with Crippen molar-refractivity contribution in [2.45, 2.75) is 25.1 Å². The summed E-state index contributed by atoms with van der Waals surface area (Å²) in [5, 5.41) is 3.80. The fraction of sp³-hybridized carbons (Fsp3) is 0.250. The third-order valence-electron chi connectivity index (χ3n) is 4.67. The molecule has 5 nitrogen and oxygen atoms in total. The summed E-state index contributed by atoms with van der Waals surface area (Å²) >= 11 is 0. The number of rotatable bonds is 4. The van der Waals surface area contributed by atoms with Crippen molar-refractivity contribution >= 4 is 5.91 Å². The second-order valence-electron chi connectivity index (χ2n) is 6.70. The van der Waals surface area contributed by atoms with Crippen LogP contribution in [0, 0.1) is 0 Å². The predicted octanol–water partition coefficient (Wildman–Crippen LogP) is 4.27. The molecular weight excluding hydrogens is 371 g/mol. The van der Waals surface area contributed by atoms with Gasteiger partial charge in [0.2, 0.25) is 17.6 Å². The maximum Gasteiger partial charge on any atom is 0.416 e. The molecule has 0 aliphatic carbocycles. The minimum Gasteiger partial charge on any atom is -0.339 e. The van der Waals surface area contributed by atoms with Gasteiger partial charge in [-0.25, -0.2) is 0 Å². The van der Waals surface area contributed by atoms with E-state index in [-0.39, 0.29) is 35.5 Å². The van der Waals surface area contributed by atoms with E-state index in [4.69, 9.17) is 4.52 Å². The SMILES string of the molecule is O=C1CC(c2nc(-c3cccc(C(F)(F)F)c3)no2)CN1Cc1ccccc1. The lowest BCUT2D eigenvalue weighted by Crippen LogP contribution is -2.24. The van der Waals surface area contributed by atoms with Crippen molar-refractivity contribution in [2.24, 2.45) is 0 Å². The van der Waals surface area contributed by atoms with E-state index in [0.29, 0.717) is 13.1 Å². The van der Waals surface area contributed by atoms with Crippen LogP contribution in [0.15, 0.2) is 59.1 Å². The van der Waals surface area contributed by atoms with Gasteiger partial charge in [0.1, 0.15) is 0 Å². The van der Waals surface area contributed by atoms with E-state index in [0.717, 1.165) is 17.7 Å². The molecule has 1 atom stereocenters. The number of amides is 1. The first-order valence-electron chi connectivity index (χ1n) is 8.73. The molecule has 1 aliphatic rings. The van der Waals surface area contributed by atoms with Gasteiger partial charge >= 0.3 is 6.18 Å². The fourth-order valence-electron chi connectivity index (χ4n) is 3.25. The number of hydrogen-bond acceptors (Lipinski definition) is 4. The number of aromatic nitrogens is 2. The monoisotopic (exact) mass is 387 g/mol. The van der Waals surface area contributed by atoms with Gasteiger partial charge in [-0.1, -0.05) is 47.6 Å². The summed E-state index contributed by atoms with van der Waals surface area (Å²) in [6, 6.07) is 14.4. The molecule has 0 N–H and O–H groups in total. The zero-order chi connectivity index (χ0) is 19.7. The number of benzene rings is 2. The summed E-state index contributed by atoms with van der Waals surface area (Å²) in [6.07, 6.45) is -4.21. The smallest absolute Gasteiger partial charge is 0.339 e. The van der Waals surface area contributed by atoms with E-state index in [2.05, 4.69) is 10.1 Å². The Morgan fingerprint density at radius 3 is 2.64 bits per heavy atom. The molecule has 0 spiro atoms. The van der Waals surface area contributed by atoms with E-state index < -0.39 is 11.7 Å². The first kappa shape index (κ1) is 18.2. The van der Waals surface area contributed by atoms with Crippen LogP contribution in [-0.2, 0) is 17.5 Å². The van der Waals surface area contributed by atoms with Crippen LogP contribution in [0.2, 0.25) is 0 Å². The van der Waals surface area contributed by atoms with E-state index in [9.17, 15) is 18.0 Å². The van der Waals surface area contributed by atoms with E-state index in [1.165, 1.54) is 12.1 Å². The molecule has 4 rings (SSSR count). The normalized spacial score (nSPS) is 17.3. The molecular formula is C20H16F3N3O2. The average molecular weight is 387 g/mol. The Morgan fingerprint density at radius 1 is 1.11 bits per heavy atom. The highest BCUT2D eigenvalue weighted by Crippen LogP contribution is 2.33. The van der Waals surface area contributed by atoms with Crippen LogP contribution in [0.1, 0.15) is 29.4 Å². The summed E-state index contributed by atoms with van der Waals surface area (Å²) in [6.45, 7) is 0.919. The maximum atomic E-state index is 12.9. The summed E-state index contributed by atoms with van der Waals surface area (Å²) in [5.41, 5.74) is 0.461. The third kappa shape index (κ3) is 3.76. The van der Waals surface area contributed by atoms with E-state index in [1.54, 1.807) is 4.90 Å². The number of carbonyl (C=O) groups is 1. The molecule has 28 heavy (non-hydrogen) atoms. The maximum absolute atomic E-state index is 12.9. The summed E-state index contributed by atoms with van der Waals surface area (Å²) < 4.78 is 43.9. The molecule has 8 heteroatoms. The third-order valence-corrected chi connectivity index (χ3v) is 4.67. The lowest BCUT2D eigenvalue weighted by molar-refractivity contribution is -0.137. The van der Waals surface area contributed by atoms with Crippen molar-refractivity contribution in [3.63, 3.8) is 0 Å². The van der Waals surface area contributed by atoms with Gasteiger partial charge in [0.05, 0.1) is 11.5 Å². The number of nitrogens with zero attached hydrogens (tertiary/aromatic N) is 3. The molecule has 0 bridgehead atoms. The summed E-state index contributed by atoms with van der Waals surface area (Å²) in [4.78, 5) is 18.3. The van der Waals surface area contributed by atoms with Gasteiger partial charge in [-0.2, -0.15) is 18.2 Å². The van der Waals surface area contributed by atoms with Crippen LogP contribution in [0.4, 0.5) is 13.2 Å². The molecule has 0 saturated carbocycles. The second kappa shape index (κ2) is 7.10. The lowest BCUT2D eigenvalue weighted by Gasteiger charge is -2.15. The molecule has 1 fully saturated rings. The van der Waals surface area contributed by atoms with Gasteiger partial charge in [-0.05, 0) is 17.7 Å². The first-order chi connectivity index (χ1) is 13.4. The Morgan fingerprint density at radius 2 is 1.89 bits per heavy atom. The van der Waals surface area contributed by atoms with Crippen LogP contribution in [0.25, 0.3) is 11.4 Å². The van der Waals surface area contributed by atoms with Crippen LogP contribution in [0.3, 0.4) is 0 Å². The van der Waals surface area contributed by atoms with Crippen molar-refractivity contribution in [1.29, 1.82) is 0 Å². The average Bonchev–Trinajstić information content (AvgIpc) is 3.30. The number of halogens is 3. The van der Waals surface area contributed by atoms with Crippen molar-refractivity contribution in [1.82, 2.24) is 15.0 Å². The number of carbonyl (C=O) groups excluding carboxylic acids is 1. The minimum absolute atomic E-state index is 0.0207. The highest BCUT2D eigenvalue weighted by atomic mass is 19.4. The lowest BCUT2D eigenvalue weighted by atomic mass is 10.1. The van der Waals surface area contributed by atoms with Gasteiger partial charge in [0.25, 0.3) is 0 Å². The quantitative estimate of drug-likeness (QED) is 0.671. The zero-order valence-corrected chi connectivity index (χ0v) is 14.7. The molecule has 1 aromatic heterocycles. The largest absolute Gasteiger partial charge is 0.416 e. The number of likely N-dealkylation sites (tertiary alicyclic amines) is 1. The van der Waals surface area contributed by atoms with Gasteiger partial charge in [-0.15, -0.1) is 0 Å². The fourth-order valence-corrected chi connectivity index (χ4v) is 3.25. The van der Waals surface area contributed by atoms with Crippen molar-refractivity contribution in [3.05, 3.63) is 71.6 Å². The molecule has 1 amide bonds. The Kier molecular flexibility index (Phi) is 4.62. The Balaban J connectivity index is 1.50. The van der Waals surface area contributed by atoms with Crippen molar-refractivity contribution in [2.75, 3.05) is 6.54 Å². The van der Waals surface area contributed by atoms with Crippen LogP contribution >= 0.6 is 0 Å².